The fourth-order valence-electron chi connectivity index (χ4n) is 1.61. The number of hydrogen-bond donors (Lipinski definition) is 0. The van der Waals surface area contributed by atoms with Gasteiger partial charge in [0.2, 0.25) is 0 Å². The molecule has 0 saturated heterocycles. The first-order chi connectivity index (χ1) is 9.90. The maximum atomic E-state index is 12.9. The highest BCUT2D eigenvalue weighted by Crippen LogP contribution is 2.36. The Morgan fingerprint density at radius 1 is 1.24 bits per heavy atom. The summed E-state index contributed by atoms with van der Waals surface area (Å²) < 4.78 is 44.7. The number of aromatic nitrogens is 1. The van der Waals surface area contributed by atoms with Crippen LogP contribution >= 0.6 is 15.9 Å². The smallest absolute Gasteiger partial charge is 0.419 e. The Labute approximate surface area is 126 Å². The van der Waals surface area contributed by atoms with E-state index in [0.29, 0.717) is 12.0 Å². The minimum absolute atomic E-state index is 0.0589. The molecule has 0 atom stereocenters. The number of ether oxygens (including phenoxy) is 1. The second-order valence-corrected chi connectivity index (χ2v) is 5.04. The fraction of sp³-hybridized carbons (Fsp3) is 0.143. The van der Waals surface area contributed by atoms with Gasteiger partial charge in [0, 0.05) is 16.2 Å². The molecule has 0 bridgehead atoms. The van der Waals surface area contributed by atoms with Crippen LogP contribution in [0.15, 0.2) is 41.0 Å². The quantitative estimate of drug-likeness (QED) is 0.765. The molecule has 0 radical (unpaired) electrons. The van der Waals surface area contributed by atoms with E-state index in [1.807, 2.05) is 0 Å². The molecule has 0 aliphatic carbocycles. The van der Waals surface area contributed by atoms with E-state index in [2.05, 4.69) is 20.9 Å². The lowest BCUT2D eigenvalue weighted by atomic mass is 10.1. The van der Waals surface area contributed by atoms with Crippen molar-refractivity contribution in [3.63, 3.8) is 0 Å². The van der Waals surface area contributed by atoms with Crippen LogP contribution in [0.1, 0.15) is 21.6 Å². The van der Waals surface area contributed by atoms with E-state index >= 15 is 0 Å². The number of carbonyl (C=O) groups is 1. The third kappa shape index (κ3) is 4.04. The zero-order valence-electron chi connectivity index (χ0n) is 10.5. The van der Waals surface area contributed by atoms with Crippen LogP contribution < -0.4 is 4.74 Å². The van der Waals surface area contributed by atoms with Crippen molar-refractivity contribution in [2.24, 2.45) is 0 Å². The summed E-state index contributed by atoms with van der Waals surface area (Å²) in [5, 5.41) is 0. The first kappa shape index (κ1) is 15.5. The number of carbonyl (C=O) groups excluding carboxylic acids is 1. The predicted molar refractivity (Wildman–Crippen MR) is 73.1 cm³/mol. The molecule has 0 unspecified atom stereocenters. The van der Waals surface area contributed by atoms with Crippen LogP contribution in [-0.4, -0.2) is 11.3 Å². The van der Waals surface area contributed by atoms with E-state index in [4.69, 9.17) is 4.74 Å². The van der Waals surface area contributed by atoms with Crippen LogP contribution in [0.2, 0.25) is 0 Å². The van der Waals surface area contributed by atoms with Gasteiger partial charge in [-0.05, 0) is 46.3 Å². The van der Waals surface area contributed by atoms with Gasteiger partial charge < -0.3 is 4.74 Å². The molecule has 0 spiro atoms. The Bertz CT molecular complexity index is 642. The van der Waals surface area contributed by atoms with Crippen LogP contribution in [0.4, 0.5) is 13.2 Å². The van der Waals surface area contributed by atoms with Gasteiger partial charge in [-0.1, -0.05) is 0 Å². The van der Waals surface area contributed by atoms with Gasteiger partial charge in [-0.15, -0.1) is 0 Å². The van der Waals surface area contributed by atoms with Gasteiger partial charge >= 0.3 is 6.18 Å². The third-order valence-electron chi connectivity index (χ3n) is 2.61. The second-order valence-electron chi connectivity index (χ2n) is 4.13. The van der Waals surface area contributed by atoms with Gasteiger partial charge in [0.1, 0.15) is 18.6 Å². The van der Waals surface area contributed by atoms with Crippen LogP contribution in [-0.2, 0) is 12.8 Å². The molecule has 1 aromatic heterocycles. The predicted octanol–water partition coefficient (Wildman–Crippen LogP) is 4.25. The molecule has 0 fully saturated rings. The van der Waals surface area contributed by atoms with Gasteiger partial charge in [-0.3, -0.25) is 9.78 Å². The number of nitrogens with zero attached hydrogens (tertiary/aromatic N) is 1. The van der Waals surface area contributed by atoms with Crippen molar-refractivity contribution < 1.29 is 22.7 Å². The summed E-state index contributed by atoms with van der Waals surface area (Å²) in [7, 11) is 0. The zero-order valence-corrected chi connectivity index (χ0v) is 12.1. The SMILES string of the molecule is O=Cc1ccc(OCc2ccc(Br)cn2)c(C(F)(F)F)c1. The summed E-state index contributed by atoms with van der Waals surface area (Å²) in [6.07, 6.45) is -2.71. The minimum atomic E-state index is -4.60. The fourth-order valence-corrected chi connectivity index (χ4v) is 1.85. The topological polar surface area (TPSA) is 39.2 Å². The van der Waals surface area contributed by atoms with Crippen molar-refractivity contribution in [2.75, 3.05) is 0 Å². The number of alkyl halides is 3. The number of rotatable bonds is 4. The highest BCUT2D eigenvalue weighted by Gasteiger charge is 2.34. The average Bonchev–Trinajstić information content (AvgIpc) is 2.45. The number of benzene rings is 1. The lowest BCUT2D eigenvalue weighted by Crippen LogP contribution is -2.10. The summed E-state index contributed by atoms with van der Waals surface area (Å²) in [5.74, 6) is -0.335. The van der Waals surface area contributed by atoms with Crippen molar-refractivity contribution in [3.8, 4) is 5.75 Å². The van der Waals surface area contributed by atoms with E-state index in [-0.39, 0.29) is 17.9 Å². The van der Waals surface area contributed by atoms with Crippen LogP contribution in [0, 0.1) is 0 Å². The molecule has 21 heavy (non-hydrogen) atoms. The maximum Gasteiger partial charge on any atom is 0.419 e. The number of pyridine rings is 1. The van der Waals surface area contributed by atoms with Crippen molar-refractivity contribution >= 4 is 22.2 Å². The van der Waals surface area contributed by atoms with Gasteiger partial charge in [0.15, 0.2) is 0 Å². The first-order valence-corrected chi connectivity index (χ1v) is 6.59. The third-order valence-corrected chi connectivity index (χ3v) is 3.08. The Hall–Kier alpha value is -1.89. The van der Waals surface area contributed by atoms with Crippen molar-refractivity contribution in [2.45, 2.75) is 12.8 Å². The highest BCUT2D eigenvalue weighted by molar-refractivity contribution is 9.10. The van der Waals surface area contributed by atoms with Gasteiger partial charge in [-0.25, -0.2) is 0 Å². The van der Waals surface area contributed by atoms with Gasteiger partial charge in [0.05, 0.1) is 11.3 Å². The number of hydrogen-bond acceptors (Lipinski definition) is 3. The molecule has 3 nitrogen and oxygen atoms in total. The van der Waals surface area contributed by atoms with Crippen molar-refractivity contribution in [3.05, 3.63) is 57.8 Å². The molecule has 0 aliphatic rings. The van der Waals surface area contributed by atoms with E-state index in [0.717, 1.165) is 16.6 Å². The summed E-state index contributed by atoms with van der Waals surface area (Å²) in [4.78, 5) is 14.6. The molecular weight excluding hydrogens is 351 g/mol. The minimum Gasteiger partial charge on any atom is -0.487 e. The summed E-state index contributed by atoms with van der Waals surface area (Å²) in [6, 6.07) is 6.51. The average molecular weight is 360 g/mol. The molecule has 1 heterocycles. The molecule has 0 aliphatic heterocycles. The molecule has 0 saturated carbocycles. The Kier molecular flexibility index (Phi) is 4.62. The maximum absolute atomic E-state index is 12.9. The zero-order chi connectivity index (χ0) is 15.5. The molecule has 1 aromatic carbocycles. The van der Waals surface area contributed by atoms with Crippen LogP contribution in [0.3, 0.4) is 0 Å². The number of aldehydes is 1. The van der Waals surface area contributed by atoms with Gasteiger partial charge in [-0.2, -0.15) is 13.2 Å². The molecular formula is C14H9BrF3NO2. The largest absolute Gasteiger partial charge is 0.487 e. The standard InChI is InChI=1S/C14H9BrF3NO2/c15-10-2-3-11(19-6-10)8-21-13-4-1-9(7-20)5-12(13)14(16,17)18/h1-7H,8H2. The second kappa shape index (κ2) is 6.26. The van der Waals surface area contributed by atoms with E-state index < -0.39 is 11.7 Å². The Morgan fingerprint density at radius 3 is 2.57 bits per heavy atom. The highest BCUT2D eigenvalue weighted by atomic mass is 79.9. The monoisotopic (exact) mass is 359 g/mol. The van der Waals surface area contributed by atoms with Crippen molar-refractivity contribution in [1.29, 1.82) is 0 Å². The van der Waals surface area contributed by atoms with Crippen LogP contribution in [0.5, 0.6) is 5.75 Å². The van der Waals surface area contributed by atoms with Crippen LogP contribution in [0.25, 0.3) is 0 Å². The normalized spacial score (nSPS) is 11.2. The van der Waals surface area contributed by atoms with E-state index in [9.17, 15) is 18.0 Å². The first-order valence-electron chi connectivity index (χ1n) is 5.80. The Balaban J connectivity index is 2.23. The number of halogens is 4. The molecule has 0 N–H and O–H groups in total. The lowest BCUT2D eigenvalue weighted by molar-refractivity contribution is -0.139. The van der Waals surface area contributed by atoms with E-state index in [1.54, 1.807) is 12.1 Å². The van der Waals surface area contributed by atoms with Gasteiger partial charge in [0.25, 0.3) is 0 Å². The molecule has 2 aromatic rings. The lowest BCUT2D eigenvalue weighted by Gasteiger charge is -2.14. The molecule has 7 heteroatoms. The summed E-state index contributed by atoms with van der Waals surface area (Å²) in [5.41, 5.74) is -0.550. The Morgan fingerprint density at radius 2 is 2.00 bits per heavy atom. The van der Waals surface area contributed by atoms with Crippen molar-refractivity contribution in [1.82, 2.24) is 4.98 Å². The van der Waals surface area contributed by atoms with E-state index in [1.165, 1.54) is 12.3 Å². The summed E-state index contributed by atoms with van der Waals surface area (Å²) in [6.45, 7) is -0.100. The molecule has 0 amide bonds. The molecule has 2 rings (SSSR count). The summed E-state index contributed by atoms with van der Waals surface area (Å²) >= 11 is 3.21. The molecule has 110 valence electrons.